The molecule has 3 saturated heterocycles. The average molecular weight is 647 g/mol. The van der Waals surface area contributed by atoms with Gasteiger partial charge in [-0.05, 0) is 64.0 Å². The zero-order chi connectivity index (χ0) is 31.8. The Bertz CT molecular complexity index is 1460. The molecule has 0 unspecified atom stereocenters. The normalized spacial score (nSPS) is 26.2. The maximum atomic E-state index is 14.4. The van der Waals surface area contributed by atoms with Gasteiger partial charge in [0.15, 0.2) is 0 Å². The summed E-state index contributed by atoms with van der Waals surface area (Å²) < 4.78 is 0. The molecule has 4 bridgehead atoms. The van der Waals surface area contributed by atoms with Gasteiger partial charge in [0.05, 0.1) is 29.1 Å². The minimum atomic E-state index is -0.810. The van der Waals surface area contributed by atoms with Crippen LogP contribution >= 0.6 is 11.3 Å². The number of benzene rings is 1. The maximum absolute atomic E-state index is 14.4. The fraction of sp³-hybridized carbons (Fsp3) is 0.629. The smallest absolute Gasteiger partial charge is 0.253 e. The van der Waals surface area contributed by atoms with Crippen LogP contribution in [0.5, 0.6) is 0 Å². The highest BCUT2D eigenvalue weighted by atomic mass is 32.1. The van der Waals surface area contributed by atoms with Gasteiger partial charge in [-0.2, -0.15) is 0 Å². The second-order valence-electron chi connectivity index (χ2n) is 14.1. The molecule has 0 radical (unpaired) electrons. The highest BCUT2D eigenvalue weighted by molar-refractivity contribution is 7.11. The van der Waals surface area contributed by atoms with E-state index < -0.39 is 11.6 Å². The van der Waals surface area contributed by atoms with Gasteiger partial charge in [0.2, 0.25) is 17.7 Å². The van der Waals surface area contributed by atoms with E-state index in [2.05, 4.69) is 10.6 Å². The standard InChI is InChI=1S/C35H46N6O4S/c1-23-28-20-30(42)38-35(13-17-40(18-14-35)33(44)25-7-3-2-4-8-25)21-31(43)41-22-27(36-26-9-5-6-10-26)19-29(41)34(45)39-15-11-24(12-16-39)32(37-28)46-23/h2-4,7-8,24,26-27,29,36H,5-6,9-22H2,1H3,(H,38,42)/t27-,29-/m0/s1. The van der Waals surface area contributed by atoms with Crippen molar-refractivity contribution in [1.29, 1.82) is 0 Å². The number of hydrogen-bond donors (Lipinski definition) is 2. The quantitative estimate of drug-likeness (QED) is 0.529. The van der Waals surface area contributed by atoms with E-state index in [4.69, 9.17) is 4.98 Å². The lowest BCUT2D eigenvalue weighted by atomic mass is 9.83. The predicted octanol–water partition coefficient (Wildman–Crippen LogP) is 3.40. The van der Waals surface area contributed by atoms with Crippen molar-refractivity contribution in [2.24, 2.45) is 0 Å². The molecule has 2 N–H and O–H groups in total. The van der Waals surface area contributed by atoms with Crippen LogP contribution in [0.1, 0.15) is 96.1 Å². The van der Waals surface area contributed by atoms with Crippen molar-refractivity contribution in [2.75, 3.05) is 32.7 Å². The van der Waals surface area contributed by atoms with E-state index in [1.54, 1.807) is 11.3 Å². The zero-order valence-corrected chi connectivity index (χ0v) is 27.7. The number of carbonyl (C=O) groups is 4. The van der Waals surface area contributed by atoms with E-state index in [1.165, 1.54) is 12.8 Å². The summed E-state index contributed by atoms with van der Waals surface area (Å²) in [4.78, 5) is 67.1. The summed E-state index contributed by atoms with van der Waals surface area (Å²) in [5.41, 5.74) is 0.617. The first-order valence-electron chi connectivity index (χ1n) is 17.2. The zero-order valence-electron chi connectivity index (χ0n) is 26.8. The highest BCUT2D eigenvalue weighted by Crippen LogP contribution is 2.35. The second kappa shape index (κ2) is 13.1. The molecule has 11 heteroatoms. The SMILES string of the molecule is Cc1sc2nc1CC(=O)NC1(CCN(C(=O)c3ccccc3)CC1)CC(=O)N1C[C@@H](NC3CCCC3)C[C@H]1C(=O)N1CCC2CC1. The number of rotatable bonds is 3. The molecule has 4 fully saturated rings. The number of thiazole rings is 1. The van der Waals surface area contributed by atoms with Crippen LogP contribution in [0.25, 0.3) is 0 Å². The van der Waals surface area contributed by atoms with Gasteiger partial charge < -0.3 is 25.3 Å². The van der Waals surface area contributed by atoms with Crippen molar-refractivity contribution in [2.45, 2.75) is 107 Å². The molecule has 8 rings (SSSR count). The van der Waals surface area contributed by atoms with Crippen molar-refractivity contribution < 1.29 is 19.2 Å². The summed E-state index contributed by atoms with van der Waals surface area (Å²) in [6.45, 7) is 4.72. The third kappa shape index (κ3) is 6.45. The van der Waals surface area contributed by atoms with Crippen LogP contribution in [0.2, 0.25) is 0 Å². The molecule has 10 nitrogen and oxygen atoms in total. The molecule has 5 aliphatic heterocycles. The van der Waals surface area contributed by atoms with Crippen molar-refractivity contribution in [3.63, 3.8) is 0 Å². The van der Waals surface area contributed by atoms with Crippen LogP contribution in [0, 0.1) is 6.92 Å². The summed E-state index contributed by atoms with van der Waals surface area (Å²) in [6, 6.07) is 9.26. The highest BCUT2D eigenvalue weighted by Gasteiger charge is 2.46. The number of aryl methyl sites for hydroxylation is 1. The molecule has 1 saturated carbocycles. The molecule has 6 heterocycles. The summed E-state index contributed by atoms with van der Waals surface area (Å²) in [5, 5.41) is 8.13. The molecule has 2 atom stereocenters. The third-order valence-corrected chi connectivity index (χ3v) is 12.2. The lowest BCUT2D eigenvalue weighted by molar-refractivity contribution is -0.145. The molecular formula is C35H46N6O4S. The Morgan fingerprint density at radius 2 is 1.70 bits per heavy atom. The Hall–Kier alpha value is -3.31. The van der Waals surface area contributed by atoms with Crippen molar-refractivity contribution in [1.82, 2.24) is 30.3 Å². The van der Waals surface area contributed by atoms with Crippen LogP contribution in [-0.2, 0) is 20.8 Å². The van der Waals surface area contributed by atoms with Gasteiger partial charge in [0, 0.05) is 61.2 Å². The fourth-order valence-corrected chi connectivity index (χ4v) is 9.48. The van der Waals surface area contributed by atoms with E-state index in [0.29, 0.717) is 63.6 Å². The molecular weight excluding hydrogens is 600 g/mol. The number of fused-ring (bicyclic) bond motifs is 5. The molecule has 1 spiro atoms. The lowest BCUT2D eigenvalue weighted by Crippen LogP contribution is -2.59. The molecule has 1 aromatic carbocycles. The molecule has 4 amide bonds. The van der Waals surface area contributed by atoms with Gasteiger partial charge in [0.1, 0.15) is 6.04 Å². The molecule has 246 valence electrons. The predicted molar refractivity (Wildman–Crippen MR) is 175 cm³/mol. The third-order valence-electron chi connectivity index (χ3n) is 11.0. The number of piperidine rings is 2. The minimum Gasteiger partial charge on any atom is -0.350 e. The summed E-state index contributed by atoms with van der Waals surface area (Å²) in [5.74, 6) is 0.0427. The monoisotopic (exact) mass is 646 g/mol. The number of carbonyl (C=O) groups excluding carboxylic acids is 4. The molecule has 6 aliphatic rings. The first-order valence-corrected chi connectivity index (χ1v) is 18.0. The van der Waals surface area contributed by atoms with Crippen molar-refractivity contribution in [3.8, 4) is 0 Å². The Kier molecular flexibility index (Phi) is 8.89. The van der Waals surface area contributed by atoms with Crippen LogP contribution in [0.4, 0.5) is 0 Å². The van der Waals surface area contributed by atoms with E-state index in [-0.39, 0.29) is 48.4 Å². The van der Waals surface area contributed by atoms with Crippen molar-refractivity contribution in [3.05, 3.63) is 51.5 Å². The van der Waals surface area contributed by atoms with Gasteiger partial charge in [0.25, 0.3) is 5.91 Å². The average Bonchev–Trinajstić information content (AvgIpc) is 3.82. The number of amides is 4. The maximum Gasteiger partial charge on any atom is 0.253 e. The fourth-order valence-electron chi connectivity index (χ4n) is 8.37. The first kappa shape index (κ1) is 31.3. The first-order chi connectivity index (χ1) is 22.3. The summed E-state index contributed by atoms with van der Waals surface area (Å²) in [6.07, 6.45) is 8.23. The van der Waals surface area contributed by atoms with Crippen LogP contribution in [0.15, 0.2) is 30.3 Å². The lowest BCUT2D eigenvalue weighted by Gasteiger charge is -2.43. The van der Waals surface area contributed by atoms with Crippen LogP contribution < -0.4 is 10.6 Å². The van der Waals surface area contributed by atoms with Crippen molar-refractivity contribution >= 4 is 35.0 Å². The Morgan fingerprint density at radius 3 is 2.41 bits per heavy atom. The Balaban J connectivity index is 1.16. The van der Waals surface area contributed by atoms with Gasteiger partial charge >= 0.3 is 0 Å². The molecule has 2 aromatic rings. The van der Waals surface area contributed by atoms with E-state index in [9.17, 15) is 19.2 Å². The summed E-state index contributed by atoms with van der Waals surface area (Å²) >= 11 is 1.66. The largest absolute Gasteiger partial charge is 0.350 e. The van der Waals surface area contributed by atoms with Gasteiger partial charge in [-0.1, -0.05) is 31.0 Å². The number of nitrogens with one attached hydrogen (secondary N) is 2. The van der Waals surface area contributed by atoms with Crippen LogP contribution in [0.3, 0.4) is 0 Å². The van der Waals surface area contributed by atoms with Gasteiger partial charge in [-0.3, -0.25) is 19.2 Å². The number of aromatic nitrogens is 1. The molecule has 46 heavy (non-hydrogen) atoms. The van der Waals surface area contributed by atoms with Crippen LogP contribution in [-0.4, -0.2) is 99.7 Å². The summed E-state index contributed by atoms with van der Waals surface area (Å²) in [7, 11) is 0. The topological polar surface area (TPSA) is 115 Å². The molecule has 1 aliphatic carbocycles. The van der Waals surface area contributed by atoms with Gasteiger partial charge in [-0.15, -0.1) is 11.3 Å². The van der Waals surface area contributed by atoms with E-state index in [0.717, 1.165) is 41.3 Å². The number of hydrogen-bond acceptors (Lipinski definition) is 7. The minimum absolute atomic E-state index is 0.0397. The number of nitrogens with zero attached hydrogens (tertiary/aromatic N) is 4. The Labute approximate surface area is 275 Å². The second-order valence-corrected chi connectivity index (χ2v) is 15.4. The number of likely N-dealkylation sites (tertiary alicyclic amines) is 1. The van der Waals surface area contributed by atoms with E-state index in [1.807, 2.05) is 52.0 Å². The Morgan fingerprint density at radius 1 is 0.978 bits per heavy atom. The molecule has 1 aromatic heterocycles. The van der Waals surface area contributed by atoms with Gasteiger partial charge in [-0.25, -0.2) is 4.98 Å². The van der Waals surface area contributed by atoms with E-state index >= 15 is 0 Å².